The topological polar surface area (TPSA) is 107 Å². The van der Waals surface area contributed by atoms with Gasteiger partial charge in [0.25, 0.3) is 0 Å². The summed E-state index contributed by atoms with van der Waals surface area (Å²) in [5.41, 5.74) is 16.9. The molecule has 1 aromatic rings. The third-order valence-electron chi connectivity index (χ3n) is 10.4. The van der Waals surface area contributed by atoms with E-state index >= 15 is 0 Å². The maximum atomic E-state index is 11.7. The van der Waals surface area contributed by atoms with E-state index in [1.165, 1.54) is 22.3 Å². The molecule has 0 unspecified atom stereocenters. The molecule has 0 radical (unpaired) electrons. The molecule has 2 atom stereocenters. The van der Waals surface area contributed by atoms with E-state index in [0.717, 1.165) is 86.3 Å². The monoisotopic (exact) mass is 612 g/mol. The highest BCUT2D eigenvalue weighted by Crippen LogP contribution is 2.46. The van der Waals surface area contributed by atoms with Crippen molar-refractivity contribution in [3.05, 3.63) is 127 Å². The molecule has 7 rings (SSSR count). The van der Waals surface area contributed by atoms with Crippen molar-refractivity contribution in [1.29, 1.82) is 0 Å². The number of nitrogens with one attached hydrogen (secondary N) is 1. The van der Waals surface area contributed by atoms with Gasteiger partial charge in [0.2, 0.25) is 0 Å². The summed E-state index contributed by atoms with van der Waals surface area (Å²) < 4.78 is 0. The number of carboxylic acids is 1. The van der Waals surface area contributed by atoms with E-state index in [1.807, 2.05) is 6.92 Å². The summed E-state index contributed by atoms with van der Waals surface area (Å²) in [6.45, 7) is 12.7. The molecule has 0 aromatic heterocycles. The smallest absolute Gasteiger partial charge is 0.303 e. The van der Waals surface area contributed by atoms with Crippen molar-refractivity contribution in [3.63, 3.8) is 0 Å². The van der Waals surface area contributed by atoms with Gasteiger partial charge in [0.1, 0.15) is 5.76 Å². The molecule has 7 heteroatoms. The number of aliphatic imine (C=N–C) groups is 3. The van der Waals surface area contributed by atoms with Gasteiger partial charge in [-0.1, -0.05) is 43.7 Å². The van der Waals surface area contributed by atoms with E-state index in [1.54, 1.807) is 0 Å². The Hall–Kier alpha value is -4.78. The van der Waals surface area contributed by atoms with Crippen LogP contribution in [-0.4, -0.2) is 33.3 Å². The normalized spacial score (nSPS) is 23.6. The Morgan fingerprint density at radius 2 is 1.59 bits per heavy atom. The van der Waals surface area contributed by atoms with Crippen molar-refractivity contribution in [2.75, 3.05) is 0 Å². The highest BCUT2D eigenvalue weighted by molar-refractivity contribution is 6.21. The largest absolute Gasteiger partial charge is 0.511 e. The molecule has 0 spiro atoms. The summed E-state index contributed by atoms with van der Waals surface area (Å²) in [5.74, 6) is -0.533. The zero-order valence-electron chi connectivity index (χ0n) is 27.4. The lowest BCUT2D eigenvalue weighted by atomic mass is 9.86. The Bertz CT molecular complexity index is 1970. The van der Waals surface area contributed by atoms with Gasteiger partial charge in [-0.15, -0.1) is 0 Å². The van der Waals surface area contributed by atoms with Crippen LogP contribution in [0.2, 0.25) is 0 Å². The van der Waals surface area contributed by atoms with Crippen molar-refractivity contribution in [1.82, 2.24) is 5.32 Å². The Morgan fingerprint density at radius 1 is 0.913 bits per heavy atom. The molecule has 3 N–H and O–H groups in total. The zero-order chi connectivity index (χ0) is 32.4. The highest BCUT2D eigenvalue weighted by atomic mass is 16.4. The molecule has 7 nitrogen and oxygen atoms in total. The average molecular weight is 613 g/mol. The predicted octanol–water partition coefficient (Wildman–Crippen LogP) is 8.07. The van der Waals surface area contributed by atoms with Crippen LogP contribution < -0.4 is 5.32 Å². The van der Waals surface area contributed by atoms with Crippen molar-refractivity contribution < 1.29 is 15.0 Å². The fraction of sp³-hybridized carbons (Fsp3) is 0.333. The summed E-state index contributed by atoms with van der Waals surface area (Å²) >= 11 is 0. The van der Waals surface area contributed by atoms with Gasteiger partial charge in [-0.2, -0.15) is 0 Å². The standard InChI is InChI=1S/C39H40N4O3/c1-7-25-20(3)30-17-34-27(14-24-10-8-19(2)9-11-24)22(5)29(41-34)16-31-21(4)26(12-13-36(45)46)38(42-31)28-15-35(44)37-23(6)32(43-39(28)37)18-33(25)40-30/h8-11,16-18,21,26,42,44H,7,12-15H2,1-6H3,(H,45,46)/t21-,26-/m0/s1. The van der Waals surface area contributed by atoms with Crippen LogP contribution in [0.1, 0.15) is 71.4 Å². The molecule has 0 saturated carbocycles. The molecular formula is C39H40N4O3. The van der Waals surface area contributed by atoms with Crippen molar-refractivity contribution >= 4 is 23.1 Å². The van der Waals surface area contributed by atoms with Crippen LogP contribution >= 0.6 is 0 Å². The first kappa shape index (κ1) is 29.9. The molecule has 5 heterocycles. The SMILES string of the molecule is CCC1=C(C)C2=NC1=CC1=C(C)C3=C(O)CC(=C4NC(=CC5=NC(=C2)C(Cc2ccc(C)cc2)=C5C)[C@@H](C)[C@@H]4CCC(=O)O)C3=N1. The van der Waals surface area contributed by atoms with Gasteiger partial charge in [0.15, 0.2) is 0 Å². The van der Waals surface area contributed by atoms with Crippen LogP contribution in [0.4, 0.5) is 0 Å². The lowest BCUT2D eigenvalue weighted by molar-refractivity contribution is -0.137. The van der Waals surface area contributed by atoms with Crippen LogP contribution in [0.15, 0.2) is 131 Å². The number of rotatable bonds is 6. The quantitative estimate of drug-likeness (QED) is 0.302. The molecule has 1 fully saturated rings. The first-order valence-corrected chi connectivity index (χ1v) is 16.3. The Labute approximate surface area is 270 Å². The van der Waals surface area contributed by atoms with Gasteiger partial charge < -0.3 is 15.5 Å². The van der Waals surface area contributed by atoms with E-state index < -0.39 is 5.97 Å². The van der Waals surface area contributed by atoms with Gasteiger partial charge in [-0.3, -0.25) is 4.79 Å². The van der Waals surface area contributed by atoms with E-state index in [2.05, 4.69) is 82.4 Å². The van der Waals surface area contributed by atoms with E-state index in [4.69, 9.17) is 15.0 Å². The Morgan fingerprint density at radius 3 is 2.28 bits per heavy atom. The second-order valence-electron chi connectivity index (χ2n) is 13.2. The molecule has 234 valence electrons. The second kappa shape index (κ2) is 11.2. The van der Waals surface area contributed by atoms with Crippen molar-refractivity contribution in [3.8, 4) is 0 Å². The number of nitrogens with zero attached hydrogens (tertiary/aromatic N) is 3. The Kier molecular flexibility index (Phi) is 7.30. The molecule has 5 aliphatic heterocycles. The fourth-order valence-corrected chi connectivity index (χ4v) is 7.57. The first-order valence-electron chi connectivity index (χ1n) is 16.3. The summed E-state index contributed by atoms with van der Waals surface area (Å²) in [6, 6.07) is 8.67. The molecule has 8 bridgehead atoms. The van der Waals surface area contributed by atoms with Gasteiger partial charge >= 0.3 is 5.97 Å². The number of allylic oxidation sites excluding steroid dienone is 12. The number of benzene rings is 1. The minimum Gasteiger partial charge on any atom is -0.511 e. The summed E-state index contributed by atoms with van der Waals surface area (Å²) in [7, 11) is 0. The number of aryl methyl sites for hydroxylation is 1. The third kappa shape index (κ3) is 4.89. The predicted molar refractivity (Wildman–Crippen MR) is 184 cm³/mol. The van der Waals surface area contributed by atoms with E-state index in [-0.39, 0.29) is 18.3 Å². The number of aliphatic hydroxyl groups is 1. The van der Waals surface area contributed by atoms with E-state index in [9.17, 15) is 15.0 Å². The number of aliphatic carboxylic acids is 1. The van der Waals surface area contributed by atoms with E-state index in [0.29, 0.717) is 18.6 Å². The third-order valence-corrected chi connectivity index (χ3v) is 10.4. The minimum atomic E-state index is -0.814. The molecule has 1 aromatic carbocycles. The zero-order valence-corrected chi connectivity index (χ0v) is 27.4. The average Bonchev–Trinajstić information content (AvgIpc) is 3.77. The number of hydrogen-bond acceptors (Lipinski definition) is 6. The van der Waals surface area contributed by atoms with Crippen molar-refractivity contribution in [2.45, 2.75) is 73.6 Å². The summed E-state index contributed by atoms with van der Waals surface area (Å²) in [5, 5.41) is 24.6. The fourth-order valence-electron chi connectivity index (χ4n) is 7.57. The minimum absolute atomic E-state index is 0.0307. The second-order valence-corrected chi connectivity index (χ2v) is 13.2. The molecule has 0 amide bonds. The molecule has 1 aliphatic carbocycles. The lowest BCUT2D eigenvalue weighted by Crippen LogP contribution is -2.15. The van der Waals surface area contributed by atoms with Crippen LogP contribution in [-0.2, 0) is 11.2 Å². The maximum absolute atomic E-state index is 11.7. The van der Waals surface area contributed by atoms with Crippen LogP contribution in [0.5, 0.6) is 0 Å². The highest BCUT2D eigenvalue weighted by Gasteiger charge is 2.41. The molecule has 46 heavy (non-hydrogen) atoms. The van der Waals surface area contributed by atoms with Crippen LogP contribution in [0.3, 0.4) is 0 Å². The molecule has 6 aliphatic rings. The summed E-state index contributed by atoms with van der Waals surface area (Å²) in [4.78, 5) is 27.2. The van der Waals surface area contributed by atoms with Gasteiger partial charge in [0.05, 0.1) is 34.2 Å². The maximum Gasteiger partial charge on any atom is 0.303 e. The lowest BCUT2D eigenvalue weighted by Gasteiger charge is -2.17. The van der Waals surface area contributed by atoms with Crippen LogP contribution in [0, 0.1) is 18.8 Å². The van der Waals surface area contributed by atoms with Gasteiger partial charge in [-0.05, 0) is 98.6 Å². The number of hydrogen-bond donors (Lipinski definition) is 3. The number of carbonyl (C=O) groups is 1. The summed E-state index contributed by atoms with van der Waals surface area (Å²) in [6.07, 6.45) is 8.83. The van der Waals surface area contributed by atoms with Crippen molar-refractivity contribution in [2.24, 2.45) is 26.8 Å². The number of carboxylic acid groups (broad SMARTS) is 1. The van der Waals surface area contributed by atoms with Gasteiger partial charge in [0, 0.05) is 47.2 Å². The van der Waals surface area contributed by atoms with Gasteiger partial charge in [-0.25, -0.2) is 15.0 Å². The Balaban J connectivity index is 1.45. The molecular weight excluding hydrogens is 572 g/mol. The molecule has 1 saturated heterocycles. The first-order chi connectivity index (χ1) is 22.0. The van der Waals surface area contributed by atoms with Crippen LogP contribution in [0.25, 0.3) is 0 Å². The number of aliphatic hydroxyl groups excluding tert-OH is 1. The number of fused-ring (bicyclic) bond motifs is 5.